The van der Waals surface area contributed by atoms with E-state index in [1.807, 2.05) is 43.3 Å². The van der Waals surface area contributed by atoms with E-state index in [2.05, 4.69) is 4.90 Å². The summed E-state index contributed by atoms with van der Waals surface area (Å²) in [6.45, 7) is 4.23. The highest BCUT2D eigenvalue weighted by atomic mass is 19.1. The van der Waals surface area contributed by atoms with Gasteiger partial charge in [-0.2, -0.15) is 0 Å². The lowest BCUT2D eigenvalue weighted by Gasteiger charge is -2.30. The van der Waals surface area contributed by atoms with Crippen molar-refractivity contribution in [3.8, 4) is 0 Å². The van der Waals surface area contributed by atoms with Gasteiger partial charge < -0.3 is 0 Å². The Morgan fingerprint density at radius 2 is 1.66 bits per heavy atom. The van der Waals surface area contributed by atoms with Crippen molar-refractivity contribution in [1.82, 2.24) is 14.0 Å². The molecule has 0 fully saturated rings. The maximum Gasteiger partial charge on any atom is 0.331 e. The van der Waals surface area contributed by atoms with Crippen LogP contribution in [0.1, 0.15) is 29.3 Å². The minimum absolute atomic E-state index is 0.238. The van der Waals surface area contributed by atoms with Crippen LogP contribution in [0.4, 0.5) is 4.39 Å². The van der Waals surface area contributed by atoms with Gasteiger partial charge in [0, 0.05) is 43.9 Å². The summed E-state index contributed by atoms with van der Waals surface area (Å²) >= 11 is 0. The third-order valence-corrected chi connectivity index (χ3v) is 5.54. The van der Waals surface area contributed by atoms with Crippen molar-refractivity contribution in [2.45, 2.75) is 39.5 Å². The number of benzene rings is 2. The summed E-state index contributed by atoms with van der Waals surface area (Å²) in [7, 11) is 0. The van der Waals surface area contributed by atoms with Crippen LogP contribution in [0.3, 0.4) is 0 Å². The number of rotatable bonds is 5. The topological polar surface area (TPSA) is 47.2 Å². The molecule has 0 radical (unpaired) electrons. The van der Waals surface area contributed by atoms with Crippen molar-refractivity contribution in [1.29, 1.82) is 0 Å². The molecule has 29 heavy (non-hydrogen) atoms. The number of hydrogen-bond acceptors (Lipinski definition) is 3. The molecule has 2 heterocycles. The van der Waals surface area contributed by atoms with Crippen molar-refractivity contribution in [3.63, 3.8) is 0 Å². The van der Waals surface area contributed by atoms with Crippen LogP contribution in [0.25, 0.3) is 0 Å². The fourth-order valence-corrected chi connectivity index (χ4v) is 4.04. The Balaban J connectivity index is 1.71. The van der Waals surface area contributed by atoms with Crippen molar-refractivity contribution >= 4 is 0 Å². The largest absolute Gasteiger partial charge is 0.331 e. The van der Waals surface area contributed by atoms with Crippen LogP contribution in [0.5, 0.6) is 0 Å². The molecule has 2 aromatic carbocycles. The second kappa shape index (κ2) is 8.17. The van der Waals surface area contributed by atoms with E-state index in [0.29, 0.717) is 43.7 Å². The molecule has 5 nitrogen and oxygen atoms in total. The van der Waals surface area contributed by atoms with Crippen molar-refractivity contribution in [2.24, 2.45) is 0 Å². The van der Waals surface area contributed by atoms with Gasteiger partial charge >= 0.3 is 5.69 Å². The van der Waals surface area contributed by atoms with Crippen molar-refractivity contribution < 1.29 is 4.39 Å². The van der Waals surface area contributed by atoms with Crippen LogP contribution >= 0.6 is 0 Å². The van der Waals surface area contributed by atoms with Crippen LogP contribution in [0.15, 0.2) is 64.2 Å². The molecule has 1 aliphatic rings. The quantitative estimate of drug-likeness (QED) is 0.670. The molecule has 0 saturated heterocycles. The third-order valence-electron chi connectivity index (χ3n) is 5.54. The van der Waals surface area contributed by atoms with E-state index in [1.54, 1.807) is 16.7 Å². The molecule has 0 bridgehead atoms. The average Bonchev–Trinajstić information content (AvgIpc) is 2.74. The lowest BCUT2D eigenvalue weighted by molar-refractivity contribution is 0.233. The SMILES string of the molecule is CCn1c2c(c(=O)n(Cc3ccccc3)c1=O)CN(Cc1ccccc1F)CC2. The molecule has 0 saturated carbocycles. The Kier molecular flexibility index (Phi) is 5.45. The van der Waals surface area contributed by atoms with Gasteiger partial charge in [-0.25, -0.2) is 9.18 Å². The second-order valence-electron chi connectivity index (χ2n) is 7.38. The molecule has 150 valence electrons. The van der Waals surface area contributed by atoms with Gasteiger partial charge in [0.2, 0.25) is 0 Å². The monoisotopic (exact) mass is 393 g/mol. The van der Waals surface area contributed by atoms with Crippen molar-refractivity contribution in [3.05, 3.63) is 104 Å². The summed E-state index contributed by atoms with van der Waals surface area (Å²) in [6.07, 6.45) is 0.605. The maximum absolute atomic E-state index is 14.1. The number of hydrogen-bond donors (Lipinski definition) is 0. The molecular formula is C23H24FN3O2. The standard InChI is InChI=1S/C23H24FN3O2/c1-2-26-21-12-13-25(15-18-10-6-7-11-20(18)24)16-19(21)22(28)27(23(26)29)14-17-8-4-3-5-9-17/h3-11H,2,12-16H2,1H3. The van der Waals surface area contributed by atoms with Gasteiger partial charge in [0.25, 0.3) is 5.56 Å². The Morgan fingerprint density at radius 3 is 2.38 bits per heavy atom. The molecule has 0 amide bonds. The first-order chi connectivity index (χ1) is 14.1. The van der Waals surface area contributed by atoms with Gasteiger partial charge in [0.15, 0.2) is 0 Å². The number of aromatic nitrogens is 2. The molecule has 3 aromatic rings. The zero-order chi connectivity index (χ0) is 20.4. The van der Waals surface area contributed by atoms with Crippen LogP contribution in [-0.2, 0) is 32.6 Å². The molecule has 0 unspecified atom stereocenters. The van der Waals surface area contributed by atoms with Gasteiger partial charge in [0.05, 0.1) is 12.1 Å². The van der Waals surface area contributed by atoms with E-state index < -0.39 is 0 Å². The van der Waals surface area contributed by atoms with Gasteiger partial charge in [0.1, 0.15) is 5.82 Å². The summed E-state index contributed by atoms with van der Waals surface area (Å²) in [5.74, 6) is -0.238. The lowest BCUT2D eigenvalue weighted by atomic mass is 10.0. The van der Waals surface area contributed by atoms with E-state index in [4.69, 9.17) is 0 Å². The van der Waals surface area contributed by atoms with E-state index in [1.165, 1.54) is 10.6 Å². The Bertz CT molecular complexity index is 1140. The van der Waals surface area contributed by atoms with Crippen LogP contribution in [0.2, 0.25) is 0 Å². The fourth-order valence-electron chi connectivity index (χ4n) is 4.04. The van der Waals surface area contributed by atoms with Crippen LogP contribution in [0, 0.1) is 5.82 Å². The molecule has 0 atom stereocenters. The van der Waals surface area contributed by atoms with Crippen molar-refractivity contribution in [2.75, 3.05) is 6.54 Å². The molecule has 0 N–H and O–H groups in total. The fraction of sp³-hybridized carbons (Fsp3) is 0.304. The third kappa shape index (κ3) is 3.80. The number of halogens is 1. The molecule has 0 aliphatic carbocycles. The Morgan fingerprint density at radius 1 is 0.931 bits per heavy atom. The minimum atomic E-state index is -0.261. The van der Waals surface area contributed by atoms with Crippen LogP contribution < -0.4 is 11.2 Å². The Labute approximate surface area is 168 Å². The van der Waals surface area contributed by atoms with Gasteiger partial charge in [-0.15, -0.1) is 0 Å². The van der Waals surface area contributed by atoms with Gasteiger partial charge in [-0.05, 0) is 18.6 Å². The van der Waals surface area contributed by atoms with Gasteiger partial charge in [-0.1, -0.05) is 48.5 Å². The molecule has 4 rings (SSSR count). The number of nitrogens with zero attached hydrogens (tertiary/aromatic N) is 3. The summed E-state index contributed by atoms with van der Waals surface area (Å²) < 4.78 is 17.1. The first kappa shape index (κ1) is 19.3. The Hall–Kier alpha value is -2.99. The normalized spacial score (nSPS) is 14.0. The summed E-state index contributed by atoms with van der Waals surface area (Å²) in [4.78, 5) is 28.3. The molecule has 0 spiro atoms. The first-order valence-corrected chi connectivity index (χ1v) is 9.93. The maximum atomic E-state index is 14.1. The highest BCUT2D eigenvalue weighted by Gasteiger charge is 2.25. The molecule has 1 aliphatic heterocycles. The van der Waals surface area contributed by atoms with E-state index in [-0.39, 0.29) is 23.6 Å². The van der Waals surface area contributed by atoms with Crippen LogP contribution in [-0.4, -0.2) is 20.6 Å². The minimum Gasteiger partial charge on any atom is -0.297 e. The van der Waals surface area contributed by atoms with E-state index in [0.717, 1.165) is 11.3 Å². The van der Waals surface area contributed by atoms with Gasteiger partial charge in [-0.3, -0.25) is 18.8 Å². The predicted molar refractivity (Wildman–Crippen MR) is 110 cm³/mol. The molecule has 1 aromatic heterocycles. The highest BCUT2D eigenvalue weighted by molar-refractivity contribution is 5.24. The summed E-state index contributed by atoms with van der Waals surface area (Å²) in [5.41, 5.74) is 2.48. The zero-order valence-electron chi connectivity index (χ0n) is 16.5. The molecule has 6 heteroatoms. The summed E-state index contributed by atoms with van der Waals surface area (Å²) in [6, 6.07) is 16.2. The predicted octanol–water partition coefficient (Wildman–Crippen LogP) is 2.78. The zero-order valence-corrected chi connectivity index (χ0v) is 16.5. The number of fused-ring (bicyclic) bond motifs is 1. The van der Waals surface area contributed by atoms with E-state index in [9.17, 15) is 14.0 Å². The highest BCUT2D eigenvalue weighted by Crippen LogP contribution is 2.18. The first-order valence-electron chi connectivity index (χ1n) is 9.93. The lowest BCUT2D eigenvalue weighted by Crippen LogP contribution is -2.47. The summed E-state index contributed by atoms with van der Waals surface area (Å²) in [5, 5.41) is 0. The molecular weight excluding hydrogens is 369 g/mol. The van der Waals surface area contributed by atoms with E-state index >= 15 is 0 Å². The second-order valence-corrected chi connectivity index (χ2v) is 7.38. The average molecular weight is 393 g/mol. The smallest absolute Gasteiger partial charge is 0.297 e.